The largest absolute Gasteiger partial charge is 0.465 e. The normalized spacial score (nSPS) is 9.07. The second-order valence-corrected chi connectivity index (χ2v) is 2.35. The van der Waals surface area contributed by atoms with Crippen LogP contribution in [0.2, 0.25) is 0 Å². The van der Waals surface area contributed by atoms with Gasteiger partial charge in [-0.1, -0.05) is 13.2 Å². The summed E-state index contributed by atoms with van der Waals surface area (Å²) in [6.07, 6.45) is 4.22. The van der Waals surface area contributed by atoms with E-state index in [4.69, 9.17) is 13.9 Å². The molecule has 0 atom stereocenters. The van der Waals surface area contributed by atoms with Gasteiger partial charge in [-0.05, 0) is 0 Å². The van der Waals surface area contributed by atoms with Crippen LogP contribution in [-0.4, -0.2) is 11.9 Å². The van der Waals surface area contributed by atoms with Crippen LogP contribution in [0.3, 0.4) is 0 Å². The monoisotopic (exact) mass is 208 g/mol. The fourth-order valence-electron chi connectivity index (χ4n) is 0.723. The second-order valence-electron chi connectivity index (χ2n) is 2.35. The van der Waals surface area contributed by atoms with Crippen molar-refractivity contribution in [2.45, 2.75) is 0 Å². The topological polar surface area (TPSA) is 65.7 Å². The van der Waals surface area contributed by atoms with Gasteiger partial charge in [0.15, 0.2) is 0 Å². The van der Waals surface area contributed by atoms with Crippen molar-refractivity contribution in [3.8, 4) is 11.5 Å². The van der Waals surface area contributed by atoms with Crippen LogP contribution in [0.15, 0.2) is 42.3 Å². The van der Waals surface area contributed by atoms with E-state index in [1.807, 2.05) is 0 Å². The fraction of sp³-hybridized carbons (Fsp3) is 0. The number of rotatable bonds is 4. The smallest absolute Gasteiger partial charge is 0.335 e. The van der Waals surface area contributed by atoms with E-state index in [0.29, 0.717) is 0 Å². The van der Waals surface area contributed by atoms with Crippen LogP contribution in [0.5, 0.6) is 11.5 Å². The van der Waals surface area contributed by atoms with E-state index in [1.54, 1.807) is 0 Å². The average molecular weight is 208 g/mol. The van der Waals surface area contributed by atoms with Gasteiger partial charge in [0.05, 0.1) is 0 Å². The Kier molecular flexibility index (Phi) is 3.45. The van der Waals surface area contributed by atoms with E-state index in [0.717, 1.165) is 24.7 Å². The van der Waals surface area contributed by atoms with Crippen LogP contribution >= 0.6 is 0 Å². The van der Waals surface area contributed by atoms with Crippen molar-refractivity contribution in [3.05, 3.63) is 37.8 Å². The summed E-state index contributed by atoms with van der Waals surface area (Å²) in [7, 11) is 0. The Balaban J connectivity index is 2.77. The van der Waals surface area contributed by atoms with Gasteiger partial charge in [0.1, 0.15) is 12.5 Å². The maximum Gasteiger partial charge on any atom is 0.335 e. The lowest BCUT2D eigenvalue weighted by Crippen LogP contribution is -2.06. The van der Waals surface area contributed by atoms with Crippen LogP contribution in [0.4, 0.5) is 0 Å². The third-order valence-corrected chi connectivity index (χ3v) is 1.35. The van der Waals surface area contributed by atoms with Crippen molar-refractivity contribution in [2.75, 3.05) is 0 Å². The van der Waals surface area contributed by atoms with Crippen molar-refractivity contribution in [1.82, 2.24) is 0 Å². The van der Waals surface area contributed by atoms with Gasteiger partial charge in [0, 0.05) is 12.2 Å². The highest BCUT2D eigenvalue weighted by molar-refractivity contribution is 5.85. The zero-order valence-electron chi connectivity index (χ0n) is 7.76. The average Bonchev–Trinajstić information content (AvgIpc) is 2.65. The molecule has 0 unspecified atom stereocenters. The van der Waals surface area contributed by atoms with E-state index in [-0.39, 0.29) is 11.5 Å². The molecule has 5 nitrogen and oxygen atoms in total. The number of furan rings is 1. The van der Waals surface area contributed by atoms with Crippen molar-refractivity contribution >= 4 is 11.9 Å². The molecule has 1 aromatic heterocycles. The standard InChI is InChI=1S/C10H8O5/c1-3-9(11)14-7-5-13-6-8(7)15-10(12)4-2/h3-6H,1-2H2. The van der Waals surface area contributed by atoms with Gasteiger partial charge < -0.3 is 13.9 Å². The van der Waals surface area contributed by atoms with E-state index in [2.05, 4.69) is 13.2 Å². The highest BCUT2D eigenvalue weighted by Gasteiger charge is 2.13. The molecule has 0 aliphatic rings. The molecule has 1 aromatic rings. The van der Waals surface area contributed by atoms with E-state index in [9.17, 15) is 9.59 Å². The Morgan fingerprint density at radius 2 is 1.47 bits per heavy atom. The first kappa shape index (κ1) is 10.8. The molecule has 0 saturated carbocycles. The Bertz CT molecular complexity index is 365. The summed E-state index contributed by atoms with van der Waals surface area (Å²) in [4.78, 5) is 21.7. The molecule has 1 heterocycles. The Labute approximate surface area is 85.6 Å². The van der Waals surface area contributed by atoms with Gasteiger partial charge in [-0.15, -0.1) is 0 Å². The maximum atomic E-state index is 10.8. The SMILES string of the molecule is C=CC(=O)Oc1cocc1OC(=O)C=C. The van der Waals surface area contributed by atoms with Crippen molar-refractivity contribution in [2.24, 2.45) is 0 Å². The van der Waals surface area contributed by atoms with E-state index >= 15 is 0 Å². The van der Waals surface area contributed by atoms with Gasteiger partial charge in [0.25, 0.3) is 0 Å². The number of carbonyl (C=O) groups is 2. The quantitative estimate of drug-likeness (QED) is 0.553. The van der Waals surface area contributed by atoms with Crippen LogP contribution < -0.4 is 9.47 Å². The van der Waals surface area contributed by atoms with Crippen LogP contribution in [0.1, 0.15) is 0 Å². The van der Waals surface area contributed by atoms with Gasteiger partial charge in [-0.2, -0.15) is 0 Å². The summed E-state index contributed by atoms with van der Waals surface area (Å²) < 4.78 is 14.1. The number of carbonyl (C=O) groups excluding carboxylic acids is 2. The van der Waals surface area contributed by atoms with Gasteiger partial charge in [-0.25, -0.2) is 9.59 Å². The molecular formula is C10H8O5. The van der Waals surface area contributed by atoms with Gasteiger partial charge in [0.2, 0.25) is 11.5 Å². The first-order chi connectivity index (χ1) is 7.17. The molecule has 0 fully saturated rings. The molecule has 0 aliphatic heterocycles. The highest BCUT2D eigenvalue weighted by atomic mass is 16.6. The molecule has 0 radical (unpaired) electrons. The van der Waals surface area contributed by atoms with Crippen LogP contribution in [-0.2, 0) is 9.59 Å². The summed E-state index contributed by atoms with van der Waals surface area (Å²) in [5.74, 6) is -1.33. The van der Waals surface area contributed by atoms with Crippen molar-refractivity contribution in [3.63, 3.8) is 0 Å². The van der Waals surface area contributed by atoms with Crippen LogP contribution in [0, 0.1) is 0 Å². The summed E-state index contributed by atoms with van der Waals surface area (Å²) in [5, 5.41) is 0. The predicted octanol–water partition coefficient (Wildman–Crippen LogP) is 1.46. The lowest BCUT2D eigenvalue weighted by molar-refractivity contribution is -0.131. The lowest BCUT2D eigenvalue weighted by Gasteiger charge is -2.00. The zero-order chi connectivity index (χ0) is 11.3. The molecule has 78 valence electrons. The number of esters is 2. The number of ether oxygens (including phenoxy) is 2. The lowest BCUT2D eigenvalue weighted by atomic mass is 10.5. The molecule has 0 bridgehead atoms. The Morgan fingerprint density at radius 1 is 1.07 bits per heavy atom. The van der Waals surface area contributed by atoms with Crippen molar-refractivity contribution < 1.29 is 23.5 Å². The molecule has 5 heteroatoms. The Morgan fingerprint density at radius 3 is 1.80 bits per heavy atom. The van der Waals surface area contributed by atoms with E-state index in [1.165, 1.54) is 0 Å². The molecular weight excluding hydrogens is 200 g/mol. The highest BCUT2D eigenvalue weighted by Crippen LogP contribution is 2.28. The molecule has 0 spiro atoms. The van der Waals surface area contributed by atoms with Crippen LogP contribution in [0.25, 0.3) is 0 Å². The fourth-order valence-corrected chi connectivity index (χ4v) is 0.723. The van der Waals surface area contributed by atoms with E-state index < -0.39 is 11.9 Å². The third kappa shape index (κ3) is 2.84. The zero-order valence-corrected chi connectivity index (χ0v) is 7.76. The number of hydrogen-bond donors (Lipinski definition) is 0. The number of hydrogen-bond acceptors (Lipinski definition) is 5. The molecule has 0 aliphatic carbocycles. The third-order valence-electron chi connectivity index (χ3n) is 1.35. The molecule has 1 rings (SSSR count). The summed E-state index contributed by atoms with van der Waals surface area (Å²) in [6.45, 7) is 6.44. The first-order valence-corrected chi connectivity index (χ1v) is 3.92. The first-order valence-electron chi connectivity index (χ1n) is 3.92. The molecule has 15 heavy (non-hydrogen) atoms. The molecule has 0 N–H and O–H groups in total. The van der Waals surface area contributed by atoms with Crippen molar-refractivity contribution in [1.29, 1.82) is 0 Å². The minimum atomic E-state index is -0.674. The second kappa shape index (κ2) is 4.80. The predicted molar refractivity (Wildman–Crippen MR) is 50.4 cm³/mol. The molecule has 0 saturated heterocycles. The van der Waals surface area contributed by atoms with Gasteiger partial charge >= 0.3 is 11.9 Å². The van der Waals surface area contributed by atoms with Gasteiger partial charge in [-0.3, -0.25) is 0 Å². The Hall–Kier alpha value is -2.30. The maximum absolute atomic E-state index is 10.8. The summed E-state index contributed by atoms with van der Waals surface area (Å²) in [6, 6.07) is 0. The minimum Gasteiger partial charge on any atom is -0.465 e. The molecule has 0 amide bonds. The molecule has 0 aromatic carbocycles. The summed E-state index contributed by atoms with van der Waals surface area (Å²) >= 11 is 0. The summed E-state index contributed by atoms with van der Waals surface area (Å²) in [5.41, 5.74) is 0. The minimum absolute atomic E-state index is 0.00935.